The van der Waals surface area contributed by atoms with E-state index in [-0.39, 0.29) is 30.1 Å². The summed E-state index contributed by atoms with van der Waals surface area (Å²) in [6.45, 7) is 2.43. The van der Waals surface area contributed by atoms with E-state index in [2.05, 4.69) is 0 Å². The lowest BCUT2D eigenvalue weighted by Gasteiger charge is -2.47. The Morgan fingerprint density at radius 2 is 2.05 bits per heavy atom. The molecular weight excluding hydrogens is 322 g/mol. The van der Waals surface area contributed by atoms with E-state index >= 15 is 0 Å². The van der Waals surface area contributed by atoms with Crippen LogP contribution in [0.25, 0.3) is 0 Å². The number of amides is 1. The number of carbonyl (C=O) groups excluding carboxylic acids is 3. The molecule has 0 aromatic heterocycles. The lowest BCUT2D eigenvalue weighted by Crippen LogP contribution is -2.68. The summed E-state index contributed by atoms with van der Waals surface area (Å²) in [7, 11) is -3.71. The van der Waals surface area contributed by atoms with Gasteiger partial charge in [0, 0.05) is 18.9 Å². The maximum Gasteiger partial charge on any atom is 0.302 e. The largest absolute Gasteiger partial charge is 0.461 e. The molecular formula is C12H14ClNO6S. The first kappa shape index (κ1) is 16.0. The third-order valence-electron chi connectivity index (χ3n) is 3.33. The summed E-state index contributed by atoms with van der Waals surface area (Å²) in [5.41, 5.74) is 0.116. The molecule has 2 aliphatic heterocycles. The molecule has 0 unspecified atom stereocenters. The average molecular weight is 336 g/mol. The Bertz CT molecular complexity index is 653. The van der Waals surface area contributed by atoms with Gasteiger partial charge in [0.05, 0.1) is 11.4 Å². The second kappa shape index (κ2) is 5.42. The van der Waals surface area contributed by atoms with E-state index in [0.717, 1.165) is 4.90 Å². The number of esters is 1. The molecule has 0 spiro atoms. The van der Waals surface area contributed by atoms with Crippen LogP contribution in [0, 0.1) is 0 Å². The summed E-state index contributed by atoms with van der Waals surface area (Å²) < 4.78 is 29.1. The number of hydrogen-bond donors (Lipinski definition) is 0. The van der Waals surface area contributed by atoms with Gasteiger partial charge in [-0.15, -0.1) is 11.6 Å². The summed E-state index contributed by atoms with van der Waals surface area (Å²) >= 11 is 5.76. The number of alkyl halides is 1. The number of rotatable bonds is 4. The van der Waals surface area contributed by atoms with Crippen LogP contribution in [0.1, 0.15) is 20.3 Å². The fraction of sp³-hybridized carbons (Fsp3) is 0.583. The van der Waals surface area contributed by atoms with E-state index in [1.54, 1.807) is 6.92 Å². The number of Topliss-reactive ketones (excluding diaryl/α,β-unsaturated/α-hetero) is 1. The first-order valence-corrected chi connectivity index (χ1v) is 8.43. The Morgan fingerprint density at radius 3 is 2.57 bits per heavy atom. The Kier molecular flexibility index (Phi) is 4.12. The summed E-state index contributed by atoms with van der Waals surface area (Å²) in [5, 5.41) is -2.39. The highest BCUT2D eigenvalue weighted by Crippen LogP contribution is 2.39. The van der Waals surface area contributed by atoms with Crippen LogP contribution in [0.3, 0.4) is 0 Å². The Balaban J connectivity index is 2.48. The minimum atomic E-state index is -3.71. The lowest BCUT2D eigenvalue weighted by molar-refractivity contribution is -0.141. The van der Waals surface area contributed by atoms with Crippen LogP contribution in [-0.2, 0) is 29.0 Å². The molecule has 2 heterocycles. The monoisotopic (exact) mass is 335 g/mol. The first-order chi connectivity index (χ1) is 9.70. The van der Waals surface area contributed by atoms with Gasteiger partial charge < -0.3 is 4.74 Å². The van der Waals surface area contributed by atoms with Crippen molar-refractivity contribution in [2.24, 2.45) is 0 Å². The van der Waals surface area contributed by atoms with E-state index in [0.29, 0.717) is 0 Å². The molecule has 0 bridgehead atoms. The van der Waals surface area contributed by atoms with Crippen molar-refractivity contribution in [1.29, 1.82) is 0 Å². The Morgan fingerprint density at radius 1 is 1.43 bits per heavy atom. The number of β-lactam (4-membered cyclic amide) rings is 1. The van der Waals surface area contributed by atoms with E-state index in [1.807, 2.05) is 0 Å². The number of ketones is 1. The number of hydrogen-bond acceptors (Lipinski definition) is 6. The highest BCUT2D eigenvalue weighted by Gasteiger charge is 2.58. The smallest absolute Gasteiger partial charge is 0.302 e. The van der Waals surface area contributed by atoms with Crippen molar-refractivity contribution in [1.82, 2.24) is 4.90 Å². The summed E-state index contributed by atoms with van der Waals surface area (Å²) in [6, 6.07) is 0. The van der Waals surface area contributed by atoms with E-state index in [1.165, 1.54) is 6.92 Å². The molecule has 0 N–H and O–H groups in total. The molecule has 2 atom stereocenters. The molecule has 1 fully saturated rings. The van der Waals surface area contributed by atoms with E-state index in [4.69, 9.17) is 16.3 Å². The molecule has 0 aliphatic carbocycles. The molecule has 1 saturated heterocycles. The van der Waals surface area contributed by atoms with E-state index in [9.17, 15) is 22.8 Å². The molecule has 7 nitrogen and oxygen atoms in total. The van der Waals surface area contributed by atoms with Gasteiger partial charge in [0.1, 0.15) is 12.0 Å². The maximum atomic E-state index is 12.1. The lowest BCUT2D eigenvalue weighted by atomic mass is 10.0. The zero-order valence-corrected chi connectivity index (χ0v) is 13.0. The van der Waals surface area contributed by atoms with Crippen LogP contribution in [0.15, 0.2) is 11.3 Å². The molecule has 9 heteroatoms. The Labute approximate surface area is 126 Å². The number of nitrogens with zero attached hydrogens (tertiary/aromatic N) is 1. The summed E-state index contributed by atoms with van der Waals surface area (Å²) in [4.78, 5) is 35.7. The fourth-order valence-electron chi connectivity index (χ4n) is 2.37. The van der Waals surface area contributed by atoms with Gasteiger partial charge in [-0.3, -0.25) is 19.3 Å². The van der Waals surface area contributed by atoms with Gasteiger partial charge >= 0.3 is 5.97 Å². The molecule has 0 aromatic rings. The molecule has 2 aliphatic rings. The van der Waals surface area contributed by atoms with Crippen molar-refractivity contribution in [3.8, 4) is 0 Å². The van der Waals surface area contributed by atoms with Gasteiger partial charge in [-0.05, 0) is 0 Å². The molecule has 116 valence electrons. The van der Waals surface area contributed by atoms with Crippen LogP contribution in [0.5, 0.6) is 0 Å². The van der Waals surface area contributed by atoms with Crippen molar-refractivity contribution in [2.45, 2.75) is 31.0 Å². The van der Waals surface area contributed by atoms with Crippen LogP contribution < -0.4 is 0 Å². The van der Waals surface area contributed by atoms with Crippen LogP contribution in [0.4, 0.5) is 0 Å². The Hall–Kier alpha value is -1.41. The van der Waals surface area contributed by atoms with Crippen LogP contribution in [-0.4, -0.2) is 54.1 Å². The standard InChI is InChI=1S/C12H14ClNO6S/c1-3-8(16)10-7(4-20-6(2)15)5-21(18,19)12-9(13)11(17)14(10)12/h9,12H,3-5H2,1-2H3/t9-,12-/m0/s1. The summed E-state index contributed by atoms with van der Waals surface area (Å²) in [6.07, 6.45) is 0.0996. The number of ether oxygens (including phenoxy) is 1. The van der Waals surface area contributed by atoms with Crippen molar-refractivity contribution in [3.05, 3.63) is 11.3 Å². The fourth-order valence-corrected chi connectivity index (χ4v) is 4.95. The van der Waals surface area contributed by atoms with Crippen molar-refractivity contribution in [3.63, 3.8) is 0 Å². The predicted octanol–water partition coefficient (Wildman–Crippen LogP) is -0.0132. The molecule has 0 radical (unpaired) electrons. The predicted molar refractivity (Wildman–Crippen MR) is 73.0 cm³/mol. The highest BCUT2D eigenvalue weighted by atomic mass is 35.5. The van der Waals surface area contributed by atoms with Gasteiger partial charge in [-0.2, -0.15) is 0 Å². The minimum absolute atomic E-state index is 0.000440. The number of fused-ring (bicyclic) bond motifs is 1. The third-order valence-corrected chi connectivity index (χ3v) is 5.88. The topological polar surface area (TPSA) is 97.8 Å². The number of sulfone groups is 1. The normalized spacial score (nSPS) is 27.0. The van der Waals surface area contributed by atoms with Gasteiger partial charge in [0.25, 0.3) is 0 Å². The molecule has 1 amide bonds. The maximum absolute atomic E-state index is 12.1. The molecule has 0 aromatic carbocycles. The quantitative estimate of drug-likeness (QED) is 0.407. The van der Waals surface area contributed by atoms with E-state index < -0.39 is 38.2 Å². The zero-order chi connectivity index (χ0) is 15.9. The van der Waals surface area contributed by atoms with Crippen molar-refractivity contribution in [2.75, 3.05) is 12.4 Å². The van der Waals surface area contributed by atoms with Gasteiger partial charge in [0.15, 0.2) is 21.0 Å². The second-order valence-corrected chi connectivity index (χ2v) is 7.38. The van der Waals surface area contributed by atoms with Crippen LogP contribution in [0.2, 0.25) is 0 Å². The third kappa shape index (κ3) is 2.57. The molecule has 21 heavy (non-hydrogen) atoms. The minimum Gasteiger partial charge on any atom is -0.461 e. The van der Waals surface area contributed by atoms with Gasteiger partial charge in [-0.1, -0.05) is 6.92 Å². The molecule has 2 rings (SSSR count). The van der Waals surface area contributed by atoms with Gasteiger partial charge in [0.2, 0.25) is 5.91 Å². The van der Waals surface area contributed by atoms with Crippen molar-refractivity contribution >= 4 is 39.1 Å². The second-order valence-electron chi connectivity index (χ2n) is 4.82. The summed E-state index contributed by atoms with van der Waals surface area (Å²) in [5.74, 6) is -2.05. The first-order valence-electron chi connectivity index (χ1n) is 6.28. The SMILES string of the molecule is CCC(=O)C1=C(COC(C)=O)CS(=O)(=O)[C@H]2[C@@H](Cl)C(=O)N12. The average Bonchev–Trinajstić information content (AvgIpc) is 2.41. The van der Waals surface area contributed by atoms with Crippen LogP contribution >= 0.6 is 11.6 Å². The molecule has 0 saturated carbocycles. The van der Waals surface area contributed by atoms with Crippen molar-refractivity contribution < 1.29 is 27.5 Å². The van der Waals surface area contributed by atoms with Gasteiger partial charge in [-0.25, -0.2) is 8.42 Å². The number of carbonyl (C=O) groups is 3. The highest BCUT2D eigenvalue weighted by molar-refractivity contribution is 7.92. The zero-order valence-electron chi connectivity index (χ0n) is 11.5. The number of allylic oxidation sites excluding steroid dienone is 1. The number of halogens is 1.